The zero-order valence-corrected chi connectivity index (χ0v) is 15.3. The lowest BCUT2D eigenvalue weighted by atomic mass is 9.94. The number of likely N-dealkylation sites (N-methyl/N-ethyl adjacent to an activating group) is 1. The molecule has 0 bridgehead atoms. The summed E-state index contributed by atoms with van der Waals surface area (Å²) in [6.07, 6.45) is 5.01. The highest BCUT2D eigenvalue weighted by molar-refractivity contribution is 5.83. The number of nitrogens with zero attached hydrogens (tertiary/aromatic N) is 3. The summed E-state index contributed by atoms with van der Waals surface area (Å²) in [5.74, 6) is 0. The zero-order chi connectivity index (χ0) is 17.2. The van der Waals surface area contributed by atoms with Crippen LogP contribution in [-0.4, -0.2) is 58.8 Å². The number of aromatic nitrogens is 1. The Kier molecular flexibility index (Phi) is 5.28. The van der Waals surface area contributed by atoms with Crippen LogP contribution in [0.4, 0.5) is 0 Å². The van der Waals surface area contributed by atoms with Gasteiger partial charge in [-0.2, -0.15) is 0 Å². The number of hydrogen-bond donors (Lipinski definition) is 1. The van der Waals surface area contributed by atoms with Crippen molar-refractivity contribution in [2.45, 2.75) is 44.9 Å². The van der Waals surface area contributed by atoms with Gasteiger partial charge < -0.3 is 14.6 Å². The molecule has 2 aromatic rings. The van der Waals surface area contributed by atoms with Crippen molar-refractivity contribution in [3.63, 3.8) is 0 Å². The van der Waals surface area contributed by atoms with Gasteiger partial charge in [0, 0.05) is 43.3 Å². The summed E-state index contributed by atoms with van der Waals surface area (Å²) in [4.78, 5) is 4.61. The lowest BCUT2D eigenvalue weighted by Crippen LogP contribution is -2.40. The first-order chi connectivity index (χ1) is 11.5. The minimum absolute atomic E-state index is 0.532. The van der Waals surface area contributed by atoms with Gasteiger partial charge >= 0.3 is 0 Å². The molecule has 1 aromatic heterocycles. The molecule has 2 heterocycles. The first kappa shape index (κ1) is 17.5. The van der Waals surface area contributed by atoms with Crippen molar-refractivity contribution < 1.29 is 5.11 Å². The van der Waals surface area contributed by atoms with Crippen LogP contribution >= 0.6 is 0 Å². The summed E-state index contributed by atoms with van der Waals surface area (Å²) in [6, 6.07) is 8.87. The maximum atomic E-state index is 10.8. The SMILES string of the molecule is CCn1ccc2c(CN3CCC[C@](O)(CN(C)C)CC3)cccc21. The molecule has 1 saturated heterocycles. The third-order valence-corrected chi connectivity index (χ3v) is 5.26. The van der Waals surface area contributed by atoms with Crippen molar-refractivity contribution in [3.05, 3.63) is 36.0 Å². The van der Waals surface area contributed by atoms with Gasteiger partial charge in [-0.15, -0.1) is 0 Å². The maximum Gasteiger partial charge on any atom is 0.0786 e. The minimum atomic E-state index is -0.532. The molecule has 1 aromatic carbocycles. The molecule has 1 atom stereocenters. The molecule has 132 valence electrons. The molecule has 1 aliphatic rings. The van der Waals surface area contributed by atoms with Gasteiger partial charge in [-0.3, -0.25) is 4.90 Å². The standard InChI is InChI=1S/C20H31N3O/c1-4-23-13-9-18-17(7-5-8-19(18)23)15-22-12-6-10-20(24,11-14-22)16-21(2)3/h5,7-9,13,24H,4,6,10-12,14-16H2,1-3H3/t20-/m1/s1. The normalized spacial score (nSPS) is 23.0. The van der Waals surface area contributed by atoms with Crippen LogP contribution in [0.2, 0.25) is 0 Å². The van der Waals surface area contributed by atoms with Gasteiger partial charge in [-0.25, -0.2) is 0 Å². The van der Waals surface area contributed by atoms with E-state index in [1.165, 1.54) is 16.5 Å². The lowest BCUT2D eigenvalue weighted by Gasteiger charge is -2.30. The van der Waals surface area contributed by atoms with Crippen LogP contribution < -0.4 is 0 Å². The van der Waals surface area contributed by atoms with Crippen LogP contribution in [0.1, 0.15) is 31.7 Å². The van der Waals surface area contributed by atoms with Crippen LogP contribution in [0.25, 0.3) is 10.9 Å². The van der Waals surface area contributed by atoms with E-state index in [0.717, 1.165) is 52.0 Å². The topological polar surface area (TPSA) is 31.6 Å². The van der Waals surface area contributed by atoms with Gasteiger partial charge in [0.2, 0.25) is 0 Å². The number of likely N-dealkylation sites (tertiary alicyclic amines) is 1. The average molecular weight is 329 g/mol. The second-order valence-corrected chi connectivity index (χ2v) is 7.54. The lowest BCUT2D eigenvalue weighted by molar-refractivity contribution is 0.00259. The Bertz CT molecular complexity index is 679. The molecule has 24 heavy (non-hydrogen) atoms. The van der Waals surface area contributed by atoms with Gasteiger partial charge in [0.1, 0.15) is 0 Å². The van der Waals surface area contributed by atoms with Gasteiger partial charge in [0.05, 0.1) is 5.60 Å². The average Bonchev–Trinajstić information content (AvgIpc) is 2.87. The predicted molar refractivity (Wildman–Crippen MR) is 100 cm³/mol. The molecular formula is C20H31N3O. The summed E-state index contributed by atoms with van der Waals surface area (Å²) < 4.78 is 2.30. The van der Waals surface area contributed by atoms with Crippen molar-refractivity contribution >= 4 is 10.9 Å². The number of aryl methyl sites for hydroxylation is 1. The van der Waals surface area contributed by atoms with Crippen molar-refractivity contribution in [2.24, 2.45) is 0 Å². The second-order valence-electron chi connectivity index (χ2n) is 7.54. The Morgan fingerprint density at radius 1 is 1.17 bits per heavy atom. The van der Waals surface area contributed by atoms with E-state index in [1.807, 2.05) is 14.1 Å². The van der Waals surface area contributed by atoms with E-state index in [-0.39, 0.29) is 0 Å². The van der Waals surface area contributed by atoms with Crippen molar-refractivity contribution in [2.75, 3.05) is 33.7 Å². The van der Waals surface area contributed by atoms with E-state index in [9.17, 15) is 5.11 Å². The van der Waals surface area contributed by atoms with E-state index >= 15 is 0 Å². The first-order valence-electron chi connectivity index (χ1n) is 9.17. The van der Waals surface area contributed by atoms with Crippen molar-refractivity contribution in [1.29, 1.82) is 0 Å². The van der Waals surface area contributed by atoms with E-state index < -0.39 is 5.60 Å². The van der Waals surface area contributed by atoms with Crippen LogP contribution in [0.5, 0.6) is 0 Å². The Balaban J connectivity index is 1.72. The fraction of sp³-hybridized carbons (Fsp3) is 0.600. The summed E-state index contributed by atoms with van der Waals surface area (Å²) in [5.41, 5.74) is 2.20. The number of rotatable bonds is 5. The molecule has 0 unspecified atom stereocenters. The van der Waals surface area contributed by atoms with Gasteiger partial charge in [-0.1, -0.05) is 12.1 Å². The molecule has 1 aliphatic heterocycles. The van der Waals surface area contributed by atoms with Crippen LogP contribution in [0.3, 0.4) is 0 Å². The molecule has 3 rings (SSSR count). The van der Waals surface area contributed by atoms with Gasteiger partial charge in [0.25, 0.3) is 0 Å². The van der Waals surface area contributed by atoms with Gasteiger partial charge in [-0.05, 0) is 64.5 Å². The minimum Gasteiger partial charge on any atom is -0.389 e. The van der Waals surface area contributed by atoms with Gasteiger partial charge in [0.15, 0.2) is 0 Å². The number of hydrogen-bond acceptors (Lipinski definition) is 3. The Morgan fingerprint density at radius 2 is 2.00 bits per heavy atom. The van der Waals surface area contributed by atoms with Crippen LogP contribution in [-0.2, 0) is 13.1 Å². The highest BCUT2D eigenvalue weighted by atomic mass is 16.3. The molecule has 0 amide bonds. The quantitative estimate of drug-likeness (QED) is 0.915. The van der Waals surface area contributed by atoms with E-state index in [4.69, 9.17) is 0 Å². The van der Waals surface area contributed by atoms with Crippen LogP contribution in [0.15, 0.2) is 30.5 Å². The Morgan fingerprint density at radius 3 is 2.75 bits per heavy atom. The van der Waals surface area contributed by atoms with E-state index in [2.05, 4.69) is 51.8 Å². The molecule has 0 spiro atoms. The predicted octanol–water partition coefficient (Wildman–Crippen LogP) is 2.94. The fourth-order valence-corrected chi connectivity index (χ4v) is 4.08. The third kappa shape index (κ3) is 3.82. The third-order valence-electron chi connectivity index (χ3n) is 5.26. The highest BCUT2D eigenvalue weighted by Gasteiger charge is 2.30. The highest BCUT2D eigenvalue weighted by Crippen LogP contribution is 2.26. The summed E-state index contributed by atoms with van der Waals surface area (Å²) in [5, 5.41) is 12.2. The zero-order valence-electron chi connectivity index (χ0n) is 15.3. The molecule has 4 nitrogen and oxygen atoms in total. The smallest absolute Gasteiger partial charge is 0.0786 e. The Labute approximate surface area is 145 Å². The van der Waals surface area contributed by atoms with E-state index in [0.29, 0.717) is 0 Å². The molecule has 0 aliphatic carbocycles. The molecule has 0 saturated carbocycles. The molecule has 1 N–H and O–H groups in total. The number of aliphatic hydroxyl groups is 1. The second kappa shape index (κ2) is 7.26. The van der Waals surface area contributed by atoms with Crippen molar-refractivity contribution in [3.8, 4) is 0 Å². The Hall–Kier alpha value is -1.36. The summed E-state index contributed by atoms with van der Waals surface area (Å²) in [7, 11) is 4.08. The largest absolute Gasteiger partial charge is 0.389 e. The summed E-state index contributed by atoms with van der Waals surface area (Å²) >= 11 is 0. The molecular weight excluding hydrogens is 298 g/mol. The molecule has 4 heteroatoms. The maximum absolute atomic E-state index is 10.8. The monoisotopic (exact) mass is 329 g/mol. The number of fused-ring (bicyclic) bond motifs is 1. The first-order valence-corrected chi connectivity index (χ1v) is 9.17. The van der Waals surface area contributed by atoms with E-state index in [1.54, 1.807) is 0 Å². The fourth-order valence-electron chi connectivity index (χ4n) is 4.08. The summed E-state index contributed by atoms with van der Waals surface area (Å²) in [6.45, 7) is 6.97. The number of benzene rings is 1. The van der Waals surface area contributed by atoms with Crippen molar-refractivity contribution in [1.82, 2.24) is 14.4 Å². The molecule has 0 radical (unpaired) electrons. The molecule has 1 fully saturated rings. The van der Waals surface area contributed by atoms with Crippen LogP contribution in [0, 0.1) is 0 Å².